The first-order chi connectivity index (χ1) is 4.16. The predicted octanol–water partition coefficient (Wildman–Crippen LogP) is -1.50. The summed E-state index contributed by atoms with van der Waals surface area (Å²) in [7, 11) is -1.83. The first-order valence-electron chi connectivity index (χ1n) is 2.40. The van der Waals surface area contributed by atoms with Crippen LogP contribution in [0.5, 0.6) is 0 Å². The molecule has 56 valence electrons. The maximum Gasteiger partial charge on any atom is 0.250 e. The highest BCUT2D eigenvalue weighted by atomic mass is 31.2. The van der Waals surface area contributed by atoms with Crippen molar-refractivity contribution < 1.29 is 14.5 Å². The molecule has 9 heavy (non-hydrogen) atoms. The Morgan fingerprint density at radius 2 is 2.22 bits per heavy atom. The van der Waals surface area contributed by atoms with E-state index < -0.39 is 14.6 Å². The van der Waals surface area contributed by atoms with E-state index in [0.717, 1.165) is 0 Å². The van der Waals surface area contributed by atoms with Crippen molar-refractivity contribution in [2.24, 2.45) is 11.2 Å². The minimum absolute atomic E-state index is 0.0925. The Morgan fingerprint density at radius 3 is 2.56 bits per heavy atom. The van der Waals surface area contributed by atoms with Gasteiger partial charge >= 0.3 is 0 Å². The fourth-order valence-corrected chi connectivity index (χ4v) is 0.569. The SMILES string of the molecule is NC(CO)COP(N)O. The molecule has 0 aromatic heterocycles. The number of nitrogens with two attached hydrogens (primary N) is 2. The third-order valence-corrected chi connectivity index (χ3v) is 1.07. The molecule has 6 heteroatoms. The molecule has 2 atom stereocenters. The Hall–Kier alpha value is 0.230. The van der Waals surface area contributed by atoms with Gasteiger partial charge in [-0.3, -0.25) is 5.50 Å². The van der Waals surface area contributed by atoms with Gasteiger partial charge in [-0.05, 0) is 0 Å². The van der Waals surface area contributed by atoms with Crippen molar-refractivity contribution >= 4 is 8.53 Å². The van der Waals surface area contributed by atoms with E-state index in [4.69, 9.17) is 21.2 Å². The second-order valence-electron chi connectivity index (χ2n) is 1.54. The van der Waals surface area contributed by atoms with Crippen molar-refractivity contribution in [1.29, 1.82) is 0 Å². The van der Waals surface area contributed by atoms with Gasteiger partial charge in [-0.25, -0.2) is 0 Å². The second kappa shape index (κ2) is 5.05. The number of aliphatic hydroxyl groups excluding tert-OH is 1. The predicted molar refractivity (Wildman–Crippen MR) is 34.3 cm³/mol. The fraction of sp³-hybridized carbons (Fsp3) is 1.00. The average Bonchev–Trinajstić information content (AvgIpc) is 1.83. The normalized spacial score (nSPS) is 17.3. The van der Waals surface area contributed by atoms with E-state index in [-0.39, 0.29) is 13.2 Å². The van der Waals surface area contributed by atoms with Crippen molar-refractivity contribution in [3.05, 3.63) is 0 Å². The molecule has 0 radical (unpaired) electrons. The molecule has 0 aliphatic carbocycles. The zero-order valence-corrected chi connectivity index (χ0v) is 5.79. The van der Waals surface area contributed by atoms with Gasteiger partial charge in [-0.1, -0.05) is 0 Å². The third kappa shape index (κ3) is 6.11. The van der Waals surface area contributed by atoms with Crippen LogP contribution in [0.1, 0.15) is 0 Å². The van der Waals surface area contributed by atoms with Gasteiger partial charge in [0.15, 0.2) is 0 Å². The van der Waals surface area contributed by atoms with Crippen LogP contribution in [0.3, 0.4) is 0 Å². The Balaban J connectivity index is 3.06. The lowest BCUT2D eigenvalue weighted by Gasteiger charge is -2.08. The van der Waals surface area contributed by atoms with Crippen molar-refractivity contribution in [1.82, 2.24) is 0 Å². The summed E-state index contributed by atoms with van der Waals surface area (Å²) in [6.07, 6.45) is 0. The molecule has 2 unspecified atom stereocenters. The summed E-state index contributed by atoms with van der Waals surface area (Å²) in [6.45, 7) is -0.0711. The van der Waals surface area contributed by atoms with Gasteiger partial charge in [0.25, 0.3) is 0 Å². The molecule has 0 bridgehead atoms. The summed E-state index contributed by atoms with van der Waals surface area (Å²) in [5, 5.41) is 8.33. The van der Waals surface area contributed by atoms with Crippen LogP contribution in [0.25, 0.3) is 0 Å². The molecular weight excluding hydrogens is 143 g/mol. The molecule has 0 aliphatic rings. The minimum atomic E-state index is -1.83. The summed E-state index contributed by atoms with van der Waals surface area (Å²) < 4.78 is 4.51. The molecule has 5 nitrogen and oxygen atoms in total. The van der Waals surface area contributed by atoms with E-state index in [1.54, 1.807) is 0 Å². The van der Waals surface area contributed by atoms with E-state index in [0.29, 0.717) is 0 Å². The smallest absolute Gasteiger partial charge is 0.250 e. The lowest BCUT2D eigenvalue weighted by atomic mass is 10.4. The number of aliphatic hydroxyl groups is 1. The maximum absolute atomic E-state index is 8.38. The Morgan fingerprint density at radius 1 is 1.67 bits per heavy atom. The summed E-state index contributed by atoms with van der Waals surface area (Å²) in [5.74, 6) is 0. The molecule has 0 saturated heterocycles. The largest absolute Gasteiger partial charge is 0.395 e. The Kier molecular flexibility index (Phi) is 5.18. The van der Waals surface area contributed by atoms with Crippen LogP contribution in [0.4, 0.5) is 0 Å². The molecule has 0 heterocycles. The van der Waals surface area contributed by atoms with Gasteiger partial charge in [0.05, 0.1) is 19.3 Å². The molecule has 0 amide bonds. The lowest BCUT2D eigenvalue weighted by molar-refractivity contribution is 0.207. The van der Waals surface area contributed by atoms with E-state index in [2.05, 4.69) is 4.52 Å². The molecule has 0 rings (SSSR count). The summed E-state index contributed by atoms with van der Waals surface area (Å²) in [4.78, 5) is 8.38. The summed E-state index contributed by atoms with van der Waals surface area (Å²) in [6, 6.07) is -0.453. The minimum Gasteiger partial charge on any atom is -0.395 e. The van der Waals surface area contributed by atoms with Crippen LogP contribution in [0, 0.1) is 0 Å². The Bertz CT molecular complexity index is 72.1. The van der Waals surface area contributed by atoms with E-state index in [1.165, 1.54) is 0 Å². The first-order valence-corrected chi connectivity index (χ1v) is 3.68. The monoisotopic (exact) mass is 154 g/mol. The quantitative estimate of drug-likeness (QED) is 0.369. The topological polar surface area (TPSA) is 102 Å². The maximum atomic E-state index is 8.38. The number of rotatable bonds is 4. The van der Waals surface area contributed by atoms with Gasteiger partial charge in [-0.15, -0.1) is 0 Å². The highest BCUT2D eigenvalue weighted by Gasteiger charge is 2.02. The third-order valence-electron chi connectivity index (χ3n) is 0.655. The van der Waals surface area contributed by atoms with Crippen LogP contribution in [0.2, 0.25) is 0 Å². The highest BCUT2D eigenvalue weighted by Crippen LogP contribution is 2.18. The van der Waals surface area contributed by atoms with Gasteiger partial charge in [-0.2, -0.15) is 0 Å². The standard InChI is InChI=1S/C3H11N2O3P/c4-3(1-6)2-8-9(5)7/h3,6-7H,1-2,4-5H2. The van der Waals surface area contributed by atoms with E-state index in [9.17, 15) is 0 Å². The zero-order chi connectivity index (χ0) is 7.28. The average molecular weight is 154 g/mol. The molecule has 0 aromatic rings. The number of hydrogen-bond acceptors (Lipinski definition) is 5. The zero-order valence-electron chi connectivity index (χ0n) is 4.90. The highest BCUT2D eigenvalue weighted by molar-refractivity contribution is 7.43. The lowest BCUT2D eigenvalue weighted by Crippen LogP contribution is -2.29. The van der Waals surface area contributed by atoms with Gasteiger partial charge in [0, 0.05) is 0 Å². The molecule has 0 saturated carbocycles. The van der Waals surface area contributed by atoms with Crippen molar-refractivity contribution in [3.8, 4) is 0 Å². The molecule has 0 aromatic carbocycles. The second-order valence-corrected chi connectivity index (χ2v) is 2.40. The molecule has 6 N–H and O–H groups in total. The fourth-order valence-electron chi connectivity index (χ4n) is 0.225. The van der Waals surface area contributed by atoms with Crippen LogP contribution in [-0.2, 0) is 4.52 Å². The van der Waals surface area contributed by atoms with Crippen molar-refractivity contribution in [2.45, 2.75) is 6.04 Å². The van der Waals surface area contributed by atoms with Gasteiger partial charge in [0.2, 0.25) is 8.53 Å². The van der Waals surface area contributed by atoms with Crippen LogP contribution >= 0.6 is 8.53 Å². The van der Waals surface area contributed by atoms with Gasteiger partial charge < -0.3 is 20.3 Å². The Labute approximate surface area is 54.6 Å². The molecular formula is C3H11N2O3P. The summed E-state index contributed by atoms with van der Waals surface area (Å²) in [5.41, 5.74) is 10.0. The van der Waals surface area contributed by atoms with Crippen molar-refractivity contribution in [3.63, 3.8) is 0 Å². The van der Waals surface area contributed by atoms with Crippen LogP contribution in [0.15, 0.2) is 0 Å². The van der Waals surface area contributed by atoms with Crippen molar-refractivity contribution in [2.75, 3.05) is 13.2 Å². The molecule has 0 fully saturated rings. The van der Waals surface area contributed by atoms with Gasteiger partial charge in [0.1, 0.15) is 0 Å². The van der Waals surface area contributed by atoms with E-state index in [1.807, 2.05) is 0 Å². The van der Waals surface area contributed by atoms with E-state index >= 15 is 0 Å². The first kappa shape index (κ1) is 9.23. The molecule has 0 aliphatic heterocycles. The van der Waals surface area contributed by atoms with Crippen LogP contribution < -0.4 is 11.2 Å². The number of hydrogen-bond donors (Lipinski definition) is 4. The van der Waals surface area contributed by atoms with Crippen LogP contribution in [-0.4, -0.2) is 29.3 Å². The molecule has 0 spiro atoms. The summed E-state index contributed by atoms with van der Waals surface area (Å²) >= 11 is 0.